The molecule has 0 spiro atoms. The van der Waals surface area contributed by atoms with Crippen LogP contribution in [0.1, 0.15) is 16.7 Å². The van der Waals surface area contributed by atoms with Gasteiger partial charge in [-0.1, -0.05) is 78.0 Å². The van der Waals surface area contributed by atoms with Crippen molar-refractivity contribution in [2.45, 2.75) is 18.3 Å². The van der Waals surface area contributed by atoms with Crippen LogP contribution >= 0.6 is 23.4 Å². The molecule has 202 valence electrons. The van der Waals surface area contributed by atoms with Crippen molar-refractivity contribution in [1.82, 2.24) is 15.0 Å². The van der Waals surface area contributed by atoms with E-state index in [0.717, 1.165) is 32.9 Å². The summed E-state index contributed by atoms with van der Waals surface area (Å²) in [5, 5.41) is 5.58. The first kappa shape index (κ1) is 27.3. The van der Waals surface area contributed by atoms with Crippen LogP contribution in [0.25, 0.3) is 11.0 Å². The smallest absolute Gasteiger partial charge is 0.250 e. The summed E-state index contributed by atoms with van der Waals surface area (Å²) in [5.41, 5.74) is 7.39. The molecule has 1 N–H and O–H groups in total. The summed E-state index contributed by atoms with van der Waals surface area (Å²) in [5.74, 6) is 1.14. The minimum Gasteiger partial charge on any atom is -0.493 e. The number of hydrazone groups is 1. The summed E-state index contributed by atoms with van der Waals surface area (Å²) in [6, 6.07) is 31.0. The number of para-hydroxylation sites is 2. The number of rotatable bonds is 11. The molecular formula is C31H27ClN4O3S. The van der Waals surface area contributed by atoms with Crippen molar-refractivity contribution in [2.75, 3.05) is 12.9 Å². The average molecular weight is 571 g/mol. The highest BCUT2D eigenvalue weighted by Crippen LogP contribution is 2.29. The first-order valence-corrected chi connectivity index (χ1v) is 13.9. The zero-order valence-corrected chi connectivity index (χ0v) is 23.4. The van der Waals surface area contributed by atoms with Gasteiger partial charge in [-0.05, 0) is 59.2 Å². The topological polar surface area (TPSA) is 77.7 Å². The van der Waals surface area contributed by atoms with Crippen LogP contribution in [0.4, 0.5) is 0 Å². The second-order valence-electron chi connectivity index (χ2n) is 8.86. The van der Waals surface area contributed by atoms with Crippen molar-refractivity contribution in [2.24, 2.45) is 5.10 Å². The fraction of sp³-hybridized carbons (Fsp3) is 0.129. The lowest BCUT2D eigenvalue weighted by molar-refractivity contribution is -0.118. The molecule has 1 amide bonds. The number of ether oxygens (including phenoxy) is 2. The molecular weight excluding hydrogens is 544 g/mol. The number of amides is 1. The Morgan fingerprint density at radius 2 is 1.75 bits per heavy atom. The molecule has 0 fully saturated rings. The van der Waals surface area contributed by atoms with Gasteiger partial charge in [-0.15, -0.1) is 0 Å². The minimum absolute atomic E-state index is 0.162. The molecule has 4 aromatic carbocycles. The normalized spacial score (nSPS) is 11.2. The van der Waals surface area contributed by atoms with E-state index in [-0.39, 0.29) is 11.7 Å². The summed E-state index contributed by atoms with van der Waals surface area (Å²) in [6.07, 6.45) is 1.58. The molecule has 40 heavy (non-hydrogen) atoms. The van der Waals surface area contributed by atoms with E-state index in [1.807, 2.05) is 97.1 Å². The number of hydrogen-bond acceptors (Lipinski definition) is 6. The molecule has 0 saturated carbocycles. The number of fused-ring (bicyclic) bond motifs is 1. The maximum atomic E-state index is 12.6. The van der Waals surface area contributed by atoms with Gasteiger partial charge in [-0.3, -0.25) is 4.79 Å². The van der Waals surface area contributed by atoms with Gasteiger partial charge in [0.25, 0.3) is 5.91 Å². The van der Waals surface area contributed by atoms with Crippen molar-refractivity contribution >= 4 is 46.5 Å². The van der Waals surface area contributed by atoms with Crippen LogP contribution in [0, 0.1) is 0 Å². The number of halogens is 1. The van der Waals surface area contributed by atoms with Gasteiger partial charge in [0.2, 0.25) is 0 Å². The summed E-state index contributed by atoms with van der Waals surface area (Å²) >= 11 is 7.42. The van der Waals surface area contributed by atoms with Crippen LogP contribution < -0.4 is 14.9 Å². The van der Waals surface area contributed by atoms with Gasteiger partial charge >= 0.3 is 0 Å². The Kier molecular flexibility index (Phi) is 9.00. The molecule has 1 heterocycles. The zero-order chi connectivity index (χ0) is 27.7. The maximum Gasteiger partial charge on any atom is 0.250 e. The fourth-order valence-electron chi connectivity index (χ4n) is 4.05. The lowest BCUT2D eigenvalue weighted by atomic mass is 10.2. The van der Waals surface area contributed by atoms with E-state index in [1.54, 1.807) is 13.3 Å². The number of methoxy groups -OCH3 is 1. The van der Waals surface area contributed by atoms with Crippen molar-refractivity contribution in [1.29, 1.82) is 0 Å². The third kappa shape index (κ3) is 7.02. The number of benzene rings is 4. The Labute approximate surface area is 241 Å². The van der Waals surface area contributed by atoms with E-state index in [2.05, 4.69) is 15.1 Å². The third-order valence-electron chi connectivity index (χ3n) is 6.03. The highest BCUT2D eigenvalue weighted by atomic mass is 35.5. The molecule has 9 heteroatoms. The van der Waals surface area contributed by atoms with Crippen LogP contribution in [-0.2, 0) is 17.9 Å². The van der Waals surface area contributed by atoms with E-state index >= 15 is 0 Å². The Morgan fingerprint density at radius 1 is 0.975 bits per heavy atom. The van der Waals surface area contributed by atoms with Gasteiger partial charge in [0.05, 0.1) is 36.7 Å². The van der Waals surface area contributed by atoms with Gasteiger partial charge in [0.1, 0.15) is 6.61 Å². The van der Waals surface area contributed by atoms with Crippen LogP contribution in [0.5, 0.6) is 11.5 Å². The van der Waals surface area contributed by atoms with Crippen LogP contribution in [0.2, 0.25) is 5.02 Å². The predicted octanol–water partition coefficient (Wildman–Crippen LogP) is 6.57. The van der Waals surface area contributed by atoms with Crippen molar-refractivity contribution in [3.8, 4) is 11.5 Å². The Morgan fingerprint density at radius 3 is 2.55 bits per heavy atom. The minimum atomic E-state index is -0.236. The first-order chi connectivity index (χ1) is 19.6. The van der Waals surface area contributed by atoms with E-state index in [9.17, 15) is 4.79 Å². The highest BCUT2D eigenvalue weighted by Gasteiger charge is 2.13. The molecule has 0 atom stereocenters. The van der Waals surface area contributed by atoms with Gasteiger partial charge in [0.15, 0.2) is 16.7 Å². The van der Waals surface area contributed by atoms with Gasteiger partial charge in [-0.25, -0.2) is 10.4 Å². The molecule has 0 aliphatic heterocycles. The number of carbonyl (C=O) groups excluding carboxylic acids is 1. The van der Waals surface area contributed by atoms with Crippen molar-refractivity contribution < 1.29 is 14.3 Å². The molecule has 0 radical (unpaired) electrons. The highest BCUT2D eigenvalue weighted by molar-refractivity contribution is 7.99. The number of nitrogens with zero attached hydrogens (tertiary/aromatic N) is 3. The fourth-order valence-corrected chi connectivity index (χ4v) is 4.98. The quantitative estimate of drug-likeness (QED) is 0.110. The van der Waals surface area contributed by atoms with E-state index < -0.39 is 0 Å². The zero-order valence-electron chi connectivity index (χ0n) is 21.8. The summed E-state index contributed by atoms with van der Waals surface area (Å²) in [6.45, 7) is 1.03. The second kappa shape index (κ2) is 13.2. The van der Waals surface area contributed by atoms with Crippen LogP contribution in [0.3, 0.4) is 0 Å². The Balaban J connectivity index is 1.21. The largest absolute Gasteiger partial charge is 0.493 e. The third-order valence-corrected chi connectivity index (χ3v) is 7.26. The lowest BCUT2D eigenvalue weighted by Crippen LogP contribution is -2.20. The number of imidazole rings is 1. The molecule has 1 aromatic heterocycles. The van der Waals surface area contributed by atoms with Gasteiger partial charge in [0, 0.05) is 5.02 Å². The summed E-state index contributed by atoms with van der Waals surface area (Å²) in [7, 11) is 1.60. The van der Waals surface area contributed by atoms with Crippen molar-refractivity contribution in [3.05, 3.63) is 119 Å². The SMILES string of the molecule is COc1ccc(C=NNC(=O)CSc2nc3ccccc3n2Cc2ccc(Cl)cc2)cc1OCc1ccccc1. The molecule has 0 unspecified atom stereocenters. The van der Waals surface area contributed by atoms with Crippen molar-refractivity contribution in [3.63, 3.8) is 0 Å². The van der Waals surface area contributed by atoms with Gasteiger partial charge in [-0.2, -0.15) is 5.10 Å². The van der Waals surface area contributed by atoms with Gasteiger partial charge < -0.3 is 14.0 Å². The summed E-state index contributed by atoms with van der Waals surface area (Å²) < 4.78 is 13.5. The Hall–Kier alpha value is -4.27. The number of thioether (sulfide) groups is 1. The lowest BCUT2D eigenvalue weighted by Gasteiger charge is -2.11. The molecule has 7 nitrogen and oxygen atoms in total. The summed E-state index contributed by atoms with van der Waals surface area (Å²) in [4.78, 5) is 17.4. The Bertz CT molecular complexity index is 1620. The number of aromatic nitrogens is 2. The molecule has 0 saturated heterocycles. The standard InChI is InChI=1S/C31H27ClN4O3S/c1-38-28-16-13-24(17-29(28)39-20-23-7-3-2-4-8-23)18-33-35-30(37)21-40-31-34-26-9-5-6-10-27(26)36(31)19-22-11-14-25(32)15-12-22/h2-18H,19-21H2,1H3,(H,35,37). The van der Waals surface area contributed by atoms with Crippen LogP contribution in [-0.4, -0.2) is 34.5 Å². The van der Waals surface area contributed by atoms with E-state index in [4.69, 9.17) is 26.1 Å². The first-order valence-electron chi connectivity index (χ1n) is 12.6. The van der Waals surface area contributed by atoms with E-state index in [1.165, 1.54) is 11.8 Å². The number of nitrogens with one attached hydrogen (secondary N) is 1. The molecule has 0 aliphatic rings. The molecule has 0 aliphatic carbocycles. The maximum absolute atomic E-state index is 12.6. The molecule has 0 bridgehead atoms. The van der Waals surface area contributed by atoms with E-state index in [0.29, 0.717) is 29.7 Å². The predicted molar refractivity (Wildman–Crippen MR) is 161 cm³/mol. The monoisotopic (exact) mass is 570 g/mol. The number of hydrogen-bond donors (Lipinski definition) is 1. The second-order valence-corrected chi connectivity index (χ2v) is 10.2. The molecule has 5 aromatic rings. The van der Waals surface area contributed by atoms with Crippen LogP contribution in [0.15, 0.2) is 107 Å². The molecule has 5 rings (SSSR count). The number of carbonyl (C=O) groups is 1. The average Bonchev–Trinajstić information content (AvgIpc) is 3.34.